The second-order valence-electron chi connectivity index (χ2n) is 6.68. The molecule has 0 amide bonds. The molecule has 0 saturated carbocycles. The minimum Gasteiger partial charge on any atom is -0.504 e. The normalized spacial score (nSPS) is 12.1. The number of hydrogen-bond donors (Lipinski definition) is 1. The lowest BCUT2D eigenvalue weighted by atomic mass is 10.0. The molecule has 29 heavy (non-hydrogen) atoms. The zero-order valence-corrected chi connectivity index (χ0v) is 17.6. The molecule has 0 bridgehead atoms. The van der Waals surface area contributed by atoms with Crippen molar-refractivity contribution in [1.82, 2.24) is 0 Å². The Morgan fingerprint density at radius 1 is 0.966 bits per heavy atom. The zero-order chi connectivity index (χ0) is 20.2. The van der Waals surface area contributed by atoms with E-state index < -0.39 is 0 Å². The first-order chi connectivity index (χ1) is 14.2. The third kappa shape index (κ3) is 4.27. The second-order valence-corrected chi connectivity index (χ2v) is 7.53. The van der Waals surface area contributed by atoms with Gasteiger partial charge in [-0.1, -0.05) is 46.3 Å². The number of phenols is 1. The summed E-state index contributed by atoms with van der Waals surface area (Å²) < 4.78 is 23.1. The van der Waals surface area contributed by atoms with Gasteiger partial charge in [0.25, 0.3) is 0 Å². The number of methoxy groups -OCH3 is 1. The van der Waals surface area contributed by atoms with Crippen molar-refractivity contribution in [2.75, 3.05) is 13.9 Å². The summed E-state index contributed by atoms with van der Waals surface area (Å²) in [6.07, 6.45) is 1.32. The molecule has 0 atom stereocenters. The molecule has 3 aromatic carbocycles. The number of hydrogen-bond acceptors (Lipinski definition) is 5. The quantitative estimate of drug-likeness (QED) is 0.525. The van der Waals surface area contributed by atoms with Crippen molar-refractivity contribution >= 4 is 15.9 Å². The predicted molar refractivity (Wildman–Crippen MR) is 113 cm³/mol. The number of halogens is 1. The minimum absolute atomic E-state index is 0.0784. The van der Waals surface area contributed by atoms with Crippen LogP contribution in [-0.4, -0.2) is 19.0 Å². The summed E-state index contributed by atoms with van der Waals surface area (Å²) in [5.41, 5.74) is 2.95. The number of benzene rings is 3. The lowest BCUT2D eigenvalue weighted by molar-refractivity contribution is 0.169. The van der Waals surface area contributed by atoms with E-state index in [1.807, 2.05) is 48.5 Å². The van der Waals surface area contributed by atoms with E-state index in [0.717, 1.165) is 26.9 Å². The summed E-state index contributed by atoms with van der Waals surface area (Å²) in [5, 5.41) is 10.5. The van der Waals surface area contributed by atoms with Crippen LogP contribution < -0.4 is 18.9 Å². The average molecular weight is 457 g/mol. The van der Waals surface area contributed by atoms with Gasteiger partial charge in [-0.25, -0.2) is 0 Å². The third-order valence-electron chi connectivity index (χ3n) is 4.81. The molecule has 1 heterocycles. The SMILES string of the molecule is COc1cc(CCc2cc(OCc3ccccc3)ccc2Br)c(O)c2c1OCO2. The van der Waals surface area contributed by atoms with Gasteiger partial charge in [0.2, 0.25) is 18.3 Å². The fourth-order valence-corrected chi connectivity index (χ4v) is 3.71. The van der Waals surface area contributed by atoms with Crippen LogP contribution in [0.4, 0.5) is 0 Å². The van der Waals surface area contributed by atoms with Crippen molar-refractivity contribution in [3.63, 3.8) is 0 Å². The van der Waals surface area contributed by atoms with Crippen LogP contribution in [0, 0.1) is 0 Å². The topological polar surface area (TPSA) is 57.2 Å². The molecule has 1 aliphatic heterocycles. The van der Waals surface area contributed by atoms with Crippen molar-refractivity contribution in [2.24, 2.45) is 0 Å². The van der Waals surface area contributed by atoms with Gasteiger partial charge < -0.3 is 24.1 Å². The molecule has 6 heteroatoms. The molecule has 150 valence electrons. The predicted octanol–water partition coefficient (Wildman–Crippen LogP) is 5.26. The number of fused-ring (bicyclic) bond motifs is 1. The summed E-state index contributed by atoms with van der Waals surface area (Å²) in [6.45, 7) is 0.594. The molecular formula is C23H21BrO5. The van der Waals surface area contributed by atoms with E-state index in [1.54, 1.807) is 13.2 Å². The largest absolute Gasteiger partial charge is 0.504 e. The third-order valence-corrected chi connectivity index (χ3v) is 5.58. The molecular weight excluding hydrogens is 436 g/mol. The highest BCUT2D eigenvalue weighted by Crippen LogP contribution is 2.49. The number of aryl methyl sites for hydroxylation is 2. The van der Waals surface area contributed by atoms with Crippen LogP contribution in [0.15, 0.2) is 59.1 Å². The molecule has 0 radical (unpaired) electrons. The van der Waals surface area contributed by atoms with Crippen LogP contribution in [-0.2, 0) is 19.4 Å². The van der Waals surface area contributed by atoms with Crippen molar-refractivity contribution in [3.05, 3.63) is 75.8 Å². The maximum atomic E-state index is 10.5. The summed E-state index contributed by atoms with van der Waals surface area (Å²) in [4.78, 5) is 0. The highest BCUT2D eigenvalue weighted by molar-refractivity contribution is 9.10. The Morgan fingerprint density at radius 3 is 2.52 bits per heavy atom. The zero-order valence-electron chi connectivity index (χ0n) is 16.0. The van der Waals surface area contributed by atoms with Crippen LogP contribution in [0.25, 0.3) is 0 Å². The van der Waals surface area contributed by atoms with Gasteiger partial charge >= 0.3 is 0 Å². The molecule has 4 rings (SSSR count). The van der Waals surface area contributed by atoms with Gasteiger partial charge in [0.05, 0.1) is 7.11 Å². The first-order valence-corrected chi connectivity index (χ1v) is 10.1. The lowest BCUT2D eigenvalue weighted by Crippen LogP contribution is -1.98. The van der Waals surface area contributed by atoms with Crippen LogP contribution in [0.3, 0.4) is 0 Å². The number of ether oxygens (including phenoxy) is 4. The highest BCUT2D eigenvalue weighted by atomic mass is 79.9. The Bertz CT molecular complexity index is 1000. The van der Waals surface area contributed by atoms with Gasteiger partial charge in [-0.05, 0) is 48.2 Å². The summed E-state index contributed by atoms with van der Waals surface area (Å²) in [7, 11) is 1.57. The molecule has 0 unspecified atom stereocenters. The van der Waals surface area contributed by atoms with Crippen LogP contribution in [0.2, 0.25) is 0 Å². The monoisotopic (exact) mass is 456 g/mol. The van der Waals surface area contributed by atoms with Crippen molar-refractivity contribution in [2.45, 2.75) is 19.4 Å². The molecule has 3 aromatic rings. The Balaban J connectivity index is 1.49. The smallest absolute Gasteiger partial charge is 0.231 e. The van der Waals surface area contributed by atoms with E-state index in [2.05, 4.69) is 15.9 Å². The van der Waals surface area contributed by atoms with E-state index in [4.69, 9.17) is 18.9 Å². The number of rotatable bonds is 7. The van der Waals surface area contributed by atoms with Crippen LogP contribution in [0.5, 0.6) is 28.7 Å². The van der Waals surface area contributed by atoms with Crippen molar-refractivity contribution in [3.8, 4) is 28.7 Å². The van der Waals surface area contributed by atoms with E-state index >= 15 is 0 Å². The van der Waals surface area contributed by atoms with E-state index in [9.17, 15) is 5.11 Å². The molecule has 5 nitrogen and oxygen atoms in total. The first kappa shape index (κ1) is 19.5. The summed E-state index contributed by atoms with van der Waals surface area (Å²) >= 11 is 3.61. The fraction of sp³-hybridized carbons (Fsp3) is 0.217. The standard InChI is InChI=1S/C23H21BrO5/c1-26-20-12-17(21(25)23-22(20)28-14-29-23)8-7-16-11-18(9-10-19(16)24)27-13-15-5-3-2-4-6-15/h2-6,9-12,25H,7-8,13-14H2,1H3. The maximum absolute atomic E-state index is 10.5. The Hall–Kier alpha value is -2.86. The fourth-order valence-electron chi connectivity index (χ4n) is 3.26. The molecule has 0 saturated heterocycles. The van der Waals surface area contributed by atoms with Crippen molar-refractivity contribution in [1.29, 1.82) is 0 Å². The van der Waals surface area contributed by atoms with Crippen LogP contribution >= 0.6 is 15.9 Å². The summed E-state index contributed by atoms with van der Waals surface area (Å²) in [6, 6.07) is 17.8. The highest BCUT2D eigenvalue weighted by Gasteiger charge is 2.25. The van der Waals surface area contributed by atoms with Gasteiger partial charge in [0.1, 0.15) is 12.4 Å². The van der Waals surface area contributed by atoms with E-state index in [1.165, 1.54) is 0 Å². The van der Waals surface area contributed by atoms with Gasteiger partial charge in [0, 0.05) is 10.0 Å². The molecule has 0 fully saturated rings. The van der Waals surface area contributed by atoms with E-state index in [0.29, 0.717) is 36.7 Å². The summed E-state index contributed by atoms with van der Waals surface area (Å²) in [5.74, 6) is 2.26. The minimum atomic E-state index is 0.0784. The van der Waals surface area contributed by atoms with Crippen molar-refractivity contribution < 1.29 is 24.1 Å². The Morgan fingerprint density at radius 2 is 1.72 bits per heavy atom. The molecule has 1 N–H and O–H groups in total. The van der Waals surface area contributed by atoms with E-state index in [-0.39, 0.29) is 12.5 Å². The van der Waals surface area contributed by atoms with Gasteiger partial charge in [-0.15, -0.1) is 0 Å². The molecule has 1 aliphatic rings. The first-order valence-electron chi connectivity index (χ1n) is 9.29. The van der Waals surface area contributed by atoms with Gasteiger partial charge in [-0.2, -0.15) is 0 Å². The average Bonchev–Trinajstić information content (AvgIpc) is 3.25. The molecule has 0 aromatic heterocycles. The molecule has 0 aliphatic carbocycles. The Labute approximate surface area is 177 Å². The lowest BCUT2D eigenvalue weighted by Gasteiger charge is -2.13. The Kier molecular flexibility index (Phi) is 5.81. The maximum Gasteiger partial charge on any atom is 0.231 e. The van der Waals surface area contributed by atoms with Gasteiger partial charge in [-0.3, -0.25) is 0 Å². The number of phenolic OH excluding ortho intramolecular Hbond substituents is 1. The second kappa shape index (κ2) is 8.66. The van der Waals surface area contributed by atoms with Crippen LogP contribution in [0.1, 0.15) is 16.7 Å². The number of aromatic hydroxyl groups is 1. The molecule has 0 spiro atoms. The van der Waals surface area contributed by atoms with Gasteiger partial charge in [0.15, 0.2) is 11.5 Å².